The number of hydrogen-bond acceptors (Lipinski definition) is 5. The zero-order valence-corrected chi connectivity index (χ0v) is 15.7. The average molecular weight is 401 g/mol. The van der Waals surface area contributed by atoms with E-state index in [4.69, 9.17) is 32.7 Å². The lowest BCUT2D eigenvalue weighted by Gasteiger charge is -2.26. The minimum Gasteiger partial charge on any atom is -0.463 e. The predicted molar refractivity (Wildman–Crippen MR) is 95.9 cm³/mol. The molecule has 0 spiro atoms. The van der Waals surface area contributed by atoms with Crippen LogP contribution in [0.1, 0.15) is 19.4 Å². The Morgan fingerprint density at radius 3 is 2.62 bits per heavy atom. The topological polar surface area (TPSA) is 93.7 Å². The van der Waals surface area contributed by atoms with Gasteiger partial charge in [0.15, 0.2) is 0 Å². The lowest BCUT2D eigenvalue weighted by molar-refractivity contribution is -0.143. The van der Waals surface area contributed by atoms with Crippen molar-refractivity contribution >= 4 is 41.2 Å². The number of halogens is 2. The summed E-state index contributed by atoms with van der Waals surface area (Å²) in [5.41, 5.74) is 0.961. The number of hydrogen-bond donors (Lipinski definition) is 2. The third-order valence-corrected chi connectivity index (χ3v) is 4.18. The van der Waals surface area contributed by atoms with E-state index in [1.807, 2.05) is 0 Å². The second-order valence-electron chi connectivity index (χ2n) is 5.51. The van der Waals surface area contributed by atoms with E-state index in [1.54, 1.807) is 26.0 Å². The van der Waals surface area contributed by atoms with Crippen LogP contribution in [0.2, 0.25) is 10.0 Å². The smallest absolute Gasteiger partial charge is 0.338 e. The van der Waals surface area contributed by atoms with Crippen molar-refractivity contribution in [1.82, 2.24) is 10.6 Å². The van der Waals surface area contributed by atoms with Crippen LogP contribution in [-0.4, -0.2) is 37.2 Å². The molecule has 0 fully saturated rings. The monoisotopic (exact) mass is 400 g/mol. The first-order valence-corrected chi connectivity index (χ1v) is 8.64. The van der Waals surface area contributed by atoms with Crippen molar-refractivity contribution in [2.45, 2.75) is 26.3 Å². The van der Waals surface area contributed by atoms with Crippen molar-refractivity contribution in [3.05, 3.63) is 45.1 Å². The van der Waals surface area contributed by atoms with E-state index in [0.29, 0.717) is 15.6 Å². The fourth-order valence-electron chi connectivity index (χ4n) is 2.42. The van der Waals surface area contributed by atoms with Crippen LogP contribution in [0.15, 0.2) is 29.5 Å². The van der Waals surface area contributed by atoms with Crippen LogP contribution in [0.5, 0.6) is 0 Å². The molecular weight excluding hydrogens is 383 g/mol. The third kappa shape index (κ3) is 5.12. The normalized spacial score (nSPS) is 16.6. The third-order valence-electron chi connectivity index (χ3n) is 3.59. The maximum Gasteiger partial charge on any atom is 0.338 e. The van der Waals surface area contributed by atoms with Crippen LogP contribution in [0.4, 0.5) is 4.79 Å². The highest BCUT2D eigenvalue weighted by atomic mass is 35.5. The molecule has 2 rings (SSSR count). The van der Waals surface area contributed by atoms with Crippen LogP contribution >= 0.6 is 23.2 Å². The Hall–Kier alpha value is -2.25. The minimum absolute atomic E-state index is 0.0697. The highest BCUT2D eigenvalue weighted by Gasteiger charge is 2.30. The molecule has 2 amide bonds. The second kappa shape index (κ2) is 8.91. The first kappa shape index (κ1) is 20.1. The lowest BCUT2D eigenvalue weighted by atomic mass is 10.0. The first-order valence-electron chi connectivity index (χ1n) is 7.89. The van der Waals surface area contributed by atoms with Gasteiger partial charge in [-0.05, 0) is 31.5 Å². The highest BCUT2D eigenvalue weighted by molar-refractivity contribution is 6.35. The summed E-state index contributed by atoms with van der Waals surface area (Å²) >= 11 is 11.9. The van der Waals surface area contributed by atoms with Gasteiger partial charge in [-0.1, -0.05) is 29.3 Å². The number of urea groups is 1. The molecule has 140 valence electrons. The first-order chi connectivity index (χ1) is 12.3. The molecule has 0 saturated carbocycles. The van der Waals surface area contributed by atoms with Gasteiger partial charge in [-0.15, -0.1) is 0 Å². The van der Waals surface area contributed by atoms with Gasteiger partial charge in [0.05, 0.1) is 30.3 Å². The van der Waals surface area contributed by atoms with Gasteiger partial charge >= 0.3 is 18.0 Å². The van der Waals surface area contributed by atoms with Crippen molar-refractivity contribution in [2.24, 2.45) is 0 Å². The van der Waals surface area contributed by atoms with Gasteiger partial charge in [-0.3, -0.25) is 4.79 Å². The second-order valence-corrected chi connectivity index (χ2v) is 6.35. The van der Waals surface area contributed by atoms with Gasteiger partial charge in [0.1, 0.15) is 6.61 Å². The Bertz CT molecular complexity index is 764. The van der Waals surface area contributed by atoms with Crippen molar-refractivity contribution in [1.29, 1.82) is 0 Å². The van der Waals surface area contributed by atoms with Crippen molar-refractivity contribution in [3.8, 4) is 0 Å². The largest absolute Gasteiger partial charge is 0.463 e. The summed E-state index contributed by atoms with van der Waals surface area (Å²) in [7, 11) is 0. The van der Waals surface area contributed by atoms with Crippen LogP contribution < -0.4 is 10.6 Å². The fraction of sp³-hybridized carbons (Fsp3) is 0.353. The SMILES string of the molecule is CCOC(=O)C1=C(COC(=O)Cc2ccc(Cl)cc2Cl)NC(=O)N[C@@H]1C. The Morgan fingerprint density at radius 2 is 1.96 bits per heavy atom. The summed E-state index contributed by atoms with van der Waals surface area (Å²) in [6.07, 6.45) is -0.0697. The molecule has 0 aliphatic carbocycles. The molecule has 9 heteroatoms. The molecule has 2 N–H and O–H groups in total. The molecule has 0 aromatic heterocycles. The molecule has 1 aromatic rings. The summed E-state index contributed by atoms with van der Waals surface area (Å²) < 4.78 is 10.2. The molecule has 1 aliphatic heterocycles. The molecular formula is C17H18Cl2N2O5. The number of benzene rings is 1. The Labute approximate surface area is 160 Å². The maximum atomic E-state index is 12.1. The fourth-order valence-corrected chi connectivity index (χ4v) is 2.89. The lowest BCUT2D eigenvalue weighted by Crippen LogP contribution is -2.50. The van der Waals surface area contributed by atoms with Gasteiger partial charge in [0.2, 0.25) is 0 Å². The Kier molecular flexibility index (Phi) is 6.88. The van der Waals surface area contributed by atoms with Crippen molar-refractivity contribution < 1.29 is 23.9 Å². The molecule has 1 atom stereocenters. The van der Waals surface area contributed by atoms with Gasteiger partial charge < -0.3 is 20.1 Å². The molecule has 7 nitrogen and oxygen atoms in total. The van der Waals surface area contributed by atoms with E-state index in [2.05, 4.69) is 10.6 Å². The molecule has 1 aromatic carbocycles. The maximum absolute atomic E-state index is 12.1. The van der Waals surface area contributed by atoms with Crippen LogP contribution in [-0.2, 0) is 25.5 Å². The van der Waals surface area contributed by atoms with Crippen LogP contribution in [0.3, 0.4) is 0 Å². The quantitative estimate of drug-likeness (QED) is 0.715. The van der Waals surface area contributed by atoms with Gasteiger partial charge in [0.25, 0.3) is 0 Å². The van der Waals surface area contributed by atoms with Gasteiger partial charge in [-0.25, -0.2) is 9.59 Å². The number of esters is 2. The summed E-state index contributed by atoms with van der Waals surface area (Å²) in [5, 5.41) is 5.85. The van der Waals surface area contributed by atoms with Crippen LogP contribution in [0, 0.1) is 0 Å². The number of rotatable bonds is 6. The predicted octanol–water partition coefficient (Wildman–Crippen LogP) is 2.60. The standard InChI is InChI=1S/C17H18Cl2N2O5/c1-3-25-16(23)15-9(2)20-17(24)21-13(15)8-26-14(22)6-10-4-5-11(18)7-12(10)19/h4-5,7,9H,3,6,8H2,1-2H3,(H2,20,21,24)/t9-/m1/s1. The molecule has 0 unspecified atom stereocenters. The number of ether oxygens (including phenoxy) is 2. The molecule has 1 aliphatic rings. The molecule has 1 heterocycles. The number of nitrogens with one attached hydrogen (secondary N) is 2. The number of carbonyl (C=O) groups excluding carboxylic acids is 3. The van der Waals surface area contributed by atoms with E-state index in [1.165, 1.54) is 6.07 Å². The Balaban J connectivity index is 2.08. The van der Waals surface area contributed by atoms with Crippen LogP contribution in [0.25, 0.3) is 0 Å². The minimum atomic E-state index is -0.584. The van der Waals surface area contributed by atoms with E-state index in [9.17, 15) is 14.4 Å². The summed E-state index contributed by atoms with van der Waals surface area (Å²) in [6.45, 7) is 3.23. The van der Waals surface area contributed by atoms with Crippen molar-refractivity contribution in [3.63, 3.8) is 0 Å². The van der Waals surface area contributed by atoms with Gasteiger partial charge in [-0.2, -0.15) is 0 Å². The van der Waals surface area contributed by atoms with E-state index in [0.717, 1.165) is 0 Å². The average Bonchev–Trinajstić information content (AvgIpc) is 2.55. The molecule has 0 radical (unpaired) electrons. The summed E-state index contributed by atoms with van der Waals surface area (Å²) in [5.74, 6) is -1.15. The zero-order valence-electron chi connectivity index (χ0n) is 14.2. The van der Waals surface area contributed by atoms with Crippen molar-refractivity contribution in [2.75, 3.05) is 13.2 Å². The summed E-state index contributed by atoms with van der Waals surface area (Å²) in [4.78, 5) is 35.8. The van der Waals surface area contributed by atoms with E-state index >= 15 is 0 Å². The highest BCUT2D eigenvalue weighted by Crippen LogP contribution is 2.22. The molecule has 0 bridgehead atoms. The molecule has 0 saturated heterocycles. The summed E-state index contributed by atoms with van der Waals surface area (Å²) in [6, 6.07) is 3.72. The van der Waals surface area contributed by atoms with E-state index < -0.39 is 24.0 Å². The zero-order chi connectivity index (χ0) is 19.3. The van der Waals surface area contributed by atoms with E-state index in [-0.39, 0.29) is 30.9 Å². The molecule has 26 heavy (non-hydrogen) atoms. The number of amides is 2. The van der Waals surface area contributed by atoms with Gasteiger partial charge in [0, 0.05) is 10.0 Å². The Morgan fingerprint density at radius 1 is 1.23 bits per heavy atom. The number of carbonyl (C=O) groups is 3.